The van der Waals surface area contributed by atoms with Gasteiger partial charge in [-0.25, -0.2) is 4.68 Å². The maximum atomic E-state index is 8.52. The minimum atomic E-state index is 0.143. The van der Waals surface area contributed by atoms with E-state index in [1.54, 1.807) is 4.68 Å². The van der Waals surface area contributed by atoms with E-state index < -0.39 is 0 Å². The molecular formula is C5H11N5O. The maximum Gasteiger partial charge on any atom is 0.164 e. The summed E-state index contributed by atoms with van der Waals surface area (Å²) in [7, 11) is 0. The van der Waals surface area contributed by atoms with Crippen LogP contribution in [0.15, 0.2) is 0 Å². The second kappa shape index (κ2) is 3.99. The molecule has 0 aliphatic carbocycles. The number of hydrogen-bond donors (Lipinski definition) is 2. The highest BCUT2D eigenvalue weighted by Gasteiger charge is 2.01. The Morgan fingerprint density at radius 2 is 2.36 bits per heavy atom. The van der Waals surface area contributed by atoms with Crippen molar-refractivity contribution in [2.75, 3.05) is 6.61 Å². The fraction of sp³-hybridized carbons (Fsp3) is 0.800. The molecule has 1 rings (SSSR count). The van der Waals surface area contributed by atoms with Gasteiger partial charge in [0.2, 0.25) is 0 Å². The third-order valence-electron chi connectivity index (χ3n) is 1.32. The predicted molar refractivity (Wildman–Crippen MR) is 37.4 cm³/mol. The molecule has 11 heavy (non-hydrogen) atoms. The Labute approximate surface area is 64.0 Å². The molecule has 3 N–H and O–H groups in total. The summed E-state index contributed by atoms with van der Waals surface area (Å²) in [6, 6.07) is 0. The molecule has 0 saturated heterocycles. The monoisotopic (exact) mass is 157 g/mol. The van der Waals surface area contributed by atoms with Crippen LogP contribution in [-0.4, -0.2) is 31.9 Å². The molecule has 0 unspecified atom stereocenters. The van der Waals surface area contributed by atoms with Gasteiger partial charge in [0, 0.05) is 13.2 Å². The van der Waals surface area contributed by atoms with Gasteiger partial charge in [-0.3, -0.25) is 0 Å². The van der Waals surface area contributed by atoms with E-state index in [2.05, 4.69) is 15.5 Å². The van der Waals surface area contributed by atoms with Gasteiger partial charge in [0.25, 0.3) is 0 Å². The topological polar surface area (TPSA) is 89.9 Å². The normalized spacial score (nSPS) is 10.4. The largest absolute Gasteiger partial charge is 0.396 e. The highest BCUT2D eigenvalue weighted by atomic mass is 16.3. The van der Waals surface area contributed by atoms with Crippen molar-refractivity contribution in [3.8, 4) is 0 Å². The molecule has 6 nitrogen and oxygen atoms in total. The Morgan fingerprint density at radius 1 is 1.55 bits per heavy atom. The van der Waals surface area contributed by atoms with Crippen LogP contribution in [0.4, 0.5) is 0 Å². The van der Waals surface area contributed by atoms with Crippen LogP contribution in [0.3, 0.4) is 0 Å². The van der Waals surface area contributed by atoms with E-state index in [9.17, 15) is 0 Å². The molecule has 0 amide bonds. The zero-order valence-corrected chi connectivity index (χ0v) is 6.14. The van der Waals surface area contributed by atoms with Crippen molar-refractivity contribution in [1.29, 1.82) is 0 Å². The average molecular weight is 157 g/mol. The lowest BCUT2D eigenvalue weighted by molar-refractivity contribution is 0.275. The number of aliphatic hydroxyl groups excluding tert-OH is 1. The lowest BCUT2D eigenvalue weighted by atomic mass is 10.4. The highest BCUT2D eigenvalue weighted by Crippen LogP contribution is 1.91. The average Bonchev–Trinajstić information content (AvgIpc) is 2.47. The van der Waals surface area contributed by atoms with E-state index in [0.717, 1.165) is 0 Å². The van der Waals surface area contributed by atoms with E-state index in [1.807, 2.05) is 0 Å². The van der Waals surface area contributed by atoms with E-state index in [1.165, 1.54) is 0 Å². The summed E-state index contributed by atoms with van der Waals surface area (Å²) in [6.45, 7) is 1.10. The van der Waals surface area contributed by atoms with Gasteiger partial charge in [-0.05, 0) is 16.8 Å². The molecule has 1 aromatic heterocycles. The number of tetrazole rings is 1. The molecule has 0 bridgehead atoms. The Bertz CT molecular complexity index is 210. The molecule has 1 aromatic rings. The van der Waals surface area contributed by atoms with Crippen LogP contribution < -0.4 is 5.73 Å². The number of nitrogens with zero attached hydrogens (tertiary/aromatic N) is 4. The first-order valence-electron chi connectivity index (χ1n) is 3.44. The molecule has 0 saturated carbocycles. The van der Waals surface area contributed by atoms with Crippen molar-refractivity contribution in [1.82, 2.24) is 20.2 Å². The van der Waals surface area contributed by atoms with E-state index in [4.69, 9.17) is 10.8 Å². The Morgan fingerprint density at radius 3 is 3.00 bits per heavy atom. The molecule has 0 aliphatic rings. The summed E-state index contributed by atoms with van der Waals surface area (Å²) in [6.07, 6.45) is 0.651. The lowest BCUT2D eigenvalue weighted by Gasteiger charge is -1.99. The molecule has 1 heterocycles. The van der Waals surface area contributed by atoms with Crippen LogP contribution >= 0.6 is 0 Å². The molecule has 0 fully saturated rings. The van der Waals surface area contributed by atoms with Crippen LogP contribution in [0, 0.1) is 0 Å². The molecule has 6 heteroatoms. The Kier molecular flexibility index (Phi) is 2.94. The van der Waals surface area contributed by atoms with Crippen molar-refractivity contribution in [2.45, 2.75) is 19.5 Å². The number of nitrogens with two attached hydrogens (primary N) is 1. The van der Waals surface area contributed by atoms with Crippen molar-refractivity contribution >= 4 is 0 Å². The fourth-order valence-corrected chi connectivity index (χ4v) is 0.764. The maximum absolute atomic E-state index is 8.52. The number of hydrogen-bond acceptors (Lipinski definition) is 5. The minimum Gasteiger partial charge on any atom is -0.396 e. The van der Waals surface area contributed by atoms with Gasteiger partial charge in [0.15, 0.2) is 5.82 Å². The first kappa shape index (κ1) is 8.09. The number of aromatic nitrogens is 4. The van der Waals surface area contributed by atoms with E-state index in [-0.39, 0.29) is 6.61 Å². The third-order valence-corrected chi connectivity index (χ3v) is 1.32. The summed E-state index contributed by atoms with van der Waals surface area (Å²) in [5, 5.41) is 19.3. The number of aryl methyl sites for hydroxylation is 1. The van der Waals surface area contributed by atoms with Crippen molar-refractivity contribution in [3.63, 3.8) is 0 Å². The lowest BCUT2D eigenvalue weighted by Crippen LogP contribution is -2.10. The van der Waals surface area contributed by atoms with Crippen LogP contribution in [0.5, 0.6) is 0 Å². The minimum absolute atomic E-state index is 0.143. The molecule has 62 valence electrons. The van der Waals surface area contributed by atoms with Crippen LogP contribution in [-0.2, 0) is 13.1 Å². The van der Waals surface area contributed by atoms with E-state index >= 15 is 0 Å². The molecule has 0 radical (unpaired) electrons. The summed E-state index contributed by atoms with van der Waals surface area (Å²) in [5.41, 5.74) is 5.34. The third kappa shape index (κ3) is 1.95. The summed E-state index contributed by atoms with van der Waals surface area (Å²) >= 11 is 0. The zero-order chi connectivity index (χ0) is 8.10. The summed E-state index contributed by atoms with van der Waals surface area (Å²) in [4.78, 5) is 0. The van der Waals surface area contributed by atoms with Gasteiger partial charge in [-0.15, -0.1) is 5.10 Å². The highest BCUT2D eigenvalue weighted by molar-refractivity contribution is 4.77. The van der Waals surface area contributed by atoms with Gasteiger partial charge in [-0.1, -0.05) is 0 Å². The zero-order valence-electron chi connectivity index (χ0n) is 6.14. The number of rotatable bonds is 4. The predicted octanol–water partition coefficient (Wildman–Crippen LogP) is -1.49. The molecule has 0 spiro atoms. The summed E-state index contributed by atoms with van der Waals surface area (Å²) in [5.74, 6) is 0.651. The Hall–Kier alpha value is -1.01. The van der Waals surface area contributed by atoms with Crippen molar-refractivity contribution in [3.05, 3.63) is 5.82 Å². The van der Waals surface area contributed by atoms with E-state index in [0.29, 0.717) is 25.3 Å². The smallest absolute Gasteiger partial charge is 0.164 e. The molecule has 0 aromatic carbocycles. The summed E-state index contributed by atoms with van der Waals surface area (Å²) < 4.78 is 1.59. The standard InChI is InChI=1S/C5H11N5O/c6-4-5-7-8-9-10(5)2-1-3-11/h11H,1-4,6H2. The first-order valence-corrected chi connectivity index (χ1v) is 3.44. The Balaban J connectivity index is 2.54. The van der Waals surface area contributed by atoms with Gasteiger partial charge >= 0.3 is 0 Å². The second-order valence-corrected chi connectivity index (χ2v) is 2.10. The SMILES string of the molecule is NCc1nnnn1CCCO. The molecule has 0 atom stereocenters. The van der Waals surface area contributed by atoms with Crippen LogP contribution in [0.2, 0.25) is 0 Å². The molecular weight excluding hydrogens is 146 g/mol. The quantitative estimate of drug-likeness (QED) is 0.556. The van der Waals surface area contributed by atoms with Gasteiger partial charge in [0.05, 0.1) is 6.54 Å². The molecule has 0 aliphatic heterocycles. The van der Waals surface area contributed by atoms with Gasteiger partial charge in [-0.2, -0.15) is 0 Å². The second-order valence-electron chi connectivity index (χ2n) is 2.10. The first-order chi connectivity index (χ1) is 5.38. The van der Waals surface area contributed by atoms with Crippen LogP contribution in [0.1, 0.15) is 12.2 Å². The van der Waals surface area contributed by atoms with Crippen molar-refractivity contribution < 1.29 is 5.11 Å². The van der Waals surface area contributed by atoms with Crippen LogP contribution in [0.25, 0.3) is 0 Å². The van der Waals surface area contributed by atoms with Gasteiger partial charge < -0.3 is 10.8 Å². The van der Waals surface area contributed by atoms with Crippen molar-refractivity contribution in [2.24, 2.45) is 5.73 Å². The fourth-order valence-electron chi connectivity index (χ4n) is 0.764. The number of aliphatic hydroxyl groups is 1. The van der Waals surface area contributed by atoms with Gasteiger partial charge in [0.1, 0.15) is 0 Å².